The molecule has 0 aliphatic carbocycles. The lowest BCUT2D eigenvalue weighted by molar-refractivity contribution is -0.134. The second-order valence-corrected chi connectivity index (χ2v) is 6.13. The molecular weight excluding hydrogens is 362 g/mol. The van der Waals surface area contributed by atoms with Crippen molar-refractivity contribution in [2.45, 2.75) is 32.9 Å². The van der Waals surface area contributed by atoms with Crippen LogP contribution in [0.5, 0.6) is 23.0 Å². The van der Waals surface area contributed by atoms with Crippen molar-refractivity contribution in [3.63, 3.8) is 0 Å². The van der Waals surface area contributed by atoms with Crippen LogP contribution in [0.4, 0.5) is 0 Å². The highest BCUT2D eigenvalue weighted by atomic mass is 16.6. The highest BCUT2D eigenvalue weighted by Crippen LogP contribution is 2.38. The Morgan fingerprint density at radius 1 is 1.07 bits per heavy atom. The summed E-state index contributed by atoms with van der Waals surface area (Å²) in [7, 11) is 0. The highest BCUT2D eigenvalue weighted by molar-refractivity contribution is 5.97. The average molecular weight is 385 g/mol. The summed E-state index contributed by atoms with van der Waals surface area (Å²) in [5.41, 5.74) is 0.478. The first-order valence-electron chi connectivity index (χ1n) is 9.28. The van der Waals surface area contributed by atoms with Crippen LogP contribution in [-0.4, -0.2) is 31.3 Å². The minimum absolute atomic E-state index is 0.0357. The van der Waals surface area contributed by atoms with E-state index in [9.17, 15) is 9.59 Å². The molecule has 148 valence electrons. The summed E-state index contributed by atoms with van der Waals surface area (Å²) in [5.74, 6) is 0.891. The topological polar surface area (TPSA) is 83.1 Å². The van der Waals surface area contributed by atoms with Crippen LogP contribution < -0.4 is 24.3 Å². The van der Waals surface area contributed by atoms with Crippen LogP contribution in [0.2, 0.25) is 0 Å². The molecule has 0 spiro atoms. The standard InChI is InChI=1S/C21H23NO6/c1-3-8-19(23)28-20-16(25-4-2)11-7-12-17(20)26-13-18-22-21(24)14-9-5-6-10-15(14)27-18/h5-7,9-12,18H,3-4,8,13H2,1-2H3,(H,22,24). The molecule has 28 heavy (non-hydrogen) atoms. The van der Waals surface area contributed by atoms with Gasteiger partial charge < -0.3 is 24.3 Å². The predicted octanol–water partition coefficient (Wildman–Crippen LogP) is 3.32. The average Bonchev–Trinajstić information content (AvgIpc) is 2.68. The molecule has 1 amide bonds. The first-order chi connectivity index (χ1) is 13.6. The van der Waals surface area contributed by atoms with E-state index < -0.39 is 6.23 Å². The van der Waals surface area contributed by atoms with E-state index in [0.717, 1.165) is 0 Å². The summed E-state index contributed by atoms with van der Waals surface area (Å²) >= 11 is 0. The van der Waals surface area contributed by atoms with Crippen molar-refractivity contribution in [3.8, 4) is 23.0 Å². The second-order valence-electron chi connectivity index (χ2n) is 6.13. The van der Waals surface area contributed by atoms with Gasteiger partial charge in [0.25, 0.3) is 5.91 Å². The van der Waals surface area contributed by atoms with Gasteiger partial charge in [-0.3, -0.25) is 9.59 Å². The van der Waals surface area contributed by atoms with E-state index >= 15 is 0 Å². The Balaban J connectivity index is 1.74. The number of hydrogen-bond acceptors (Lipinski definition) is 6. The van der Waals surface area contributed by atoms with Gasteiger partial charge in [-0.05, 0) is 37.6 Å². The number of hydrogen-bond donors (Lipinski definition) is 1. The van der Waals surface area contributed by atoms with E-state index in [0.29, 0.717) is 42.3 Å². The third-order valence-electron chi connectivity index (χ3n) is 4.00. The Hall–Kier alpha value is -3.22. The molecular formula is C21H23NO6. The zero-order valence-electron chi connectivity index (χ0n) is 15.9. The molecule has 0 radical (unpaired) electrons. The van der Waals surface area contributed by atoms with Gasteiger partial charge in [-0.25, -0.2) is 0 Å². The maximum atomic E-state index is 12.2. The van der Waals surface area contributed by atoms with Gasteiger partial charge in [-0.1, -0.05) is 25.1 Å². The Morgan fingerprint density at radius 2 is 1.82 bits per heavy atom. The largest absolute Gasteiger partial charge is 0.490 e. The number of para-hydroxylation sites is 2. The van der Waals surface area contributed by atoms with Crippen molar-refractivity contribution in [1.82, 2.24) is 5.32 Å². The molecule has 0 fully saturated rings. The van der Waals surface area contributed by atoms with E-state index in [1.807, 2.05) is 13.8 Å². The lowest BCUT2D eigenvalue weighted by atomic mass is 10.1. The van der Waals surface area contributed by atoms with Crippen molar-refractivity contribution in [1.29, 1.82) is 0 Å². The molecule has 1 atom stereocenters. The molecule has 7 nitrogen and oxygen atoms in total. The van der Waals surface area contributed by atoms with Crippen LogP contribution in [0.15, 0.2) is 42.5 Å². The number of carbonyl (C=O) groups is 2. The van der Waals surface area contributed by atoms with Crippen molar-refractivity contribution in [3.05, 3.63) is 48.0 Å². The maximum absolute atomic E-state index is 12.2. The molecule has 1 heterocycles. The fourth-order valence-electron chi connectivity index (χ4n) is 2.75. The zero-order chi connectivity index (χ0) is 19.9. The molecule has 1 aliphatic heterocycles. The van der Waals surface area contributed by atoms with Gasteiger partial charge in [0.1, 0.15) is 12.4 Å². The summed E-state index contributed by atoms with van der Waals surface area (Å²) in [4.78, 5) is 24.2. The highest BCUT2D eigenvalue weighted by Gasteiger charge is 2.26. The number of benzene rings is 2. The molecule has 1 N–H and O–H groups in total. The van der Waals surface area contributed by atoms with Crippen LogP contribution in [0.1, 0.15) is 37.0 Å². The third-order valence-corrected chi connectivity index (χ3v) is 4.00. The Bertz CT molecular complexity index is 851. The number of fused-ring (bicyclic) bond motifs is 1. The second kappa shape index (κ2) is 9.12. The van der Waals surface area contributed by atoms with Gasteiger partial charge in [0, 0.05) is 6.42 Å². The molecule has 3 rings (SSSR count). The number of carbonyl (C=O) groups excluding carboxylic acids is 2. The van der Waals surface area contributed by atoms with Crippen molar-refractivity contribution in [2.75, 3.05) is 13.2 Å². The monoisotopic (exact) mass is 385 g/mol. The van der Waals surface area contributed by atoms with Crippen molar-refractivity contribution in [2.24, 2.45) is 0 Å². The lowest BCUT2D eigenvalue weighted by Gasteiger charge is -2.27. The van der Waals surface area contributed by atoms with Gasteiger partial charge in [-0.15, -0.1) is 0 Å². The van der Waals surface area contributed by atoms with E-state index in [-0.39, 0.29) is 24.2 Å². The quantitative estimate of drug-likeness (QED) is 0.554. The summed E-state index contributed by atoms with van der Waals surface area (Å²) in [5, 5.41) is 2.74. The summed E-state index contributed by atoms with van der Waals surface area (Å²) in [6.07, 6.45) is 0.295. The molecule has 0 aromatic heterocycles. The van der Waals surface area contributed by atoms with Gasteiger partial charge in [0.05, 0.1) is 12.2 Å². The van der Waals surface area contributed by atoms with E-state index in [1.54, 1.807) is 42.5 Å². The van der Waals surface area contributed by atoms with E-state index in [4.69, 9.17) is 18.9 Å². The predicted molar refractivity (Wildman–Crippen MR) is 102 cm³/mol. The minimum Gasteiger partial charge on any atom is -0.490 e. The summed E-state index contributed by atoms with van der Waals surface area (Å²) < 4.78 is 22.6. The van der Waals surface area contributed by atoms with Gasteiger partial charge >= 0.3 is 5.97 Å². The third kappa shape index (κ3) is 4.54. The zero-order valence-corrected chi connectivity index (χ0v) is 15.9. The fourth-order valence-corrected chi connectivity index (χ4v) is 2.75. The molecule has 0 bridgehead atoms. The van der Waals surface area contributed by atoms with Crippen molar-refractivity contribution >= 4 is 11.9 Å². The molecule has 2 aromatic rings. The lowest BCUT2D eigenvalue weighted by Crippen LogP contribution is -2.46. The normalized spacial score (nSPS) is 15.1. The molecule has 0 saturated carbocycles. The number of amides is 1. The van der Waals surface area contributed by atoms with Gasteiger partial charge in [0.15, 0.2) is 11.5 Å². The SMILES string of the molecule is CCCC(=O)Oc1c(OCC)cccc1OCC1NC(=O)c2ccccc2O1. The van der Waals surface area contributed by atoms with Crippen LogP contribution >= 0.6 is 0 Å². The summed E-state index contributed by atoms with van der Waals surface area (Å²) in [6, 6.07) is 12.1. The van der Waals surface area contributed by atoms with Gasteiger partial charge in [-0.2, -0.15) is 0 Å². The number of nitrogens with one attached hydrogen (secondary N) is 1. The van der Waals surface area contributed by atoms with Crippen LogP contribution in [0.25, 0.3) is 0 Å². The number of rotatable bonds is 8. The van der Waals surface area contributed by atoms with Crippen LogP contribution in [0.3, 0.4) is 0 Å². The molecule has 1 aliphatic rings. The molecule has 7 heteroatoms. The number of ether oxygens (including phenoxy) is 4. The molecule has 2 aromatic carbocycles. The Labute approximate surface area is 163 Å². The molecule has 1 unspecified atom stereocenters. The number of esters is 1. The smallest absolute Gasteiger partial charge is 0.311 e. The first kappa shape index (κ1) is 19.5. The van der Waals surface area contributed by atoms with Crippen LogP contribution in [0, 0.1) is 0 Å². The van der Waals surface area contributed by atoms with Crippen LogP contribution in [-0.2, 0) is 4.79 Å². The maximum Gasteiger partial charge on any atom is 0.311 e. The van der Waals surface area contributed by atoms with Crippen molar-refractivity contribution < 1.29 is 28.5 Å². The first-order valence-corrected chi connectivity index (χ1v) is 9.28. The van der Waals surface area contributed by atoms with E-state index in [2.05, 4.69) is 5.32 Å². The Kier molecular flexibility index (Phi) is 6.37. The molecule has 0 saturated heterocycles. The van der Waals surface area contributed by atoms with Gasteiger partial charge in [0.2, 0.25) is 12.0 Å². The fraction of sp³-hybridized carbons (Fsp3) is 0.333. The Morgan fingerprint density at radius 3 is 2.57 bits per heavy atom. The summed E-state index contributed by atoms with van der Waals surface area (Å²) in [6.45, 7) is 4.19. The minimum atomic E-state index is -0.669. The van der Waals surface area contributed by atoms with E-state index in [1.165, 1.54) is 0 Å².